The average Bonchev–Trinajstić information content (AvgIpc) is 2.28. The Hall–Kier alpha value is -0.150. The van der Waals surface area contributed by atoms with Gasteiger partial charge in [0.05, 0.1) is 0 Å². The Morgan fingerprint density at radius 2 is 2.25 bits per heavy atom. The van der Waals surface area contributed by atoms with Crippen LogP contribution in [0.5, 0.6) is 0 Å². The normalized spacial score (nSPS) is 12.4. The highest BCUT2D eigenvalue weighted by Crippen LogP contribution is 2.16. The van der Waals surface area contributed by atoms with Gasteiger partial charge in [0.1, 0.15) is 0 Å². The van der Waals surface area contributed by atoms with E-state index in [9.17, 15) is 0 Å². The highest BCUT2D eigenvalue weighted by Gasteiger charge is 1.98. The average molecular weight is 302 g/mol. The van der Waals surface area contributed by atoms with Crippen molar-refractivity contribution in [1.82, 2.24) is 0 Å². The van der Waals surface area contributed by atoms with Crippen LogP contribution in [0.15, 0.2) is 28.7 Å². The maximum Gasteiger partial charge on any atom is 0.0351 e. The van der Waals surface area contributed by atoms with Gasteiger partial charge in [-0.05, 0) is 29.9 Å². The summed E-state index contributed by atoms with van der Waals surface area (Å²) >= 11 is 5.50. The van der Waals surface area contributed by atoms with Gasteiger partial charge in [-0.1, -0.05) is 42.3 Å². The Labute approximate surface area is 112 Å². The minimum atomic E-state index is 0.843. The molecule has 0 heterocycles. The molecule has 0 bridgehead atoms. The van der Waals surface area contributed by atoms with Crippen LogP contribution in [0.1, 0.15) is 20.3 Å². The molecule has 1 atom stereocenters. The quantitative estimate of drug-likeness (QED) is 0.736. The molecular formula is C13H20BrNS. The lowest BCUT2D eigenvalue weighted by atomic mass is 10.2. The van der Waals surface area contributed by atoms with E-state index < -0.39 is 0 Å². The summed E-state index contributed by atoms with van der Waals surface area (Å²) in [7, 11) is 0. The summed E-state index contributed by atoms with van der Waals surface area (Å²) < 4.78 is 1.13. The van der Waals surface area contributed by atoms with E-state index >= 15 is 0 Å². The molecular weight excluding hydrogens is 282 g/mol. The van der Waals surface area contributed by atoms with Crippen molar-refractivity contribution in [2.75, 3.05) is 23.4 Å². The largest absolute Gasteiger partial charge is 0.384 e. The molecule has 0 spiro atoms. The molecule has 0 radical (unpaired) electrons. The third-order valence-electron chi connectivity index (χ3n) is 2.50. The number of thioether (sulfide) groups is 1. The van der Waals surface area contributed by atoms with Gasteiger partial charge in [0, 0.05) is 22.5 Å². The molecule has 0 amide bonds. The summed E-state index contributed by atoms with van der Waals surface area (Å²) in [6.45, 7) is 5.61. The second-order valence-electron chi connectivity index (χ2n) is 4.03. The fourth-order valence-corrected chi connectivity index (χ4v) is 2.72. The molecule has 0 saturated carbocycles. The van der Waals surface area contributed by atoms with Crippen molar-refractivity contribution in [2.45, 2.75) is 20.3 Å². The predicted molar refractivity (Wildman–Crippen MR) is 79.4 cm³/mol. The van der Waals surface area contributed by atoms with Crippen LogP contribution in [0.25, 0.3) is 0 Å². The van der Waals surface area contributed by atoms with E-state index in [2.05, 4.69) is 53.3 Å². The summed E-state index contributed by atoms with van der Waals surface area (Å²) in [6, 6.07) is 8.31. The van der Waals surface area contributed by atoms with E-state index in [0.29, 0.717) is 0 Å². The molecule has 0 fully saturated rings. The van der Waals surface area contributed by atoms with Gasteiger partial charge >= 0.3 is 0 Å². The van der Waals surface area contributed by atoms with Gasteiger partial charge in [0.25, 0.3) is 0 Å². The van der Waals surface area contributed by atoms with Crippen LogP contribution in [0.4, 0.5) is 5.69 Å². The smallest absolute Gasteiger partial charge is 0.0351 e. The summed E-state index contributed by atoms with van der Waals surface area (Å²) in [5, 5.41) is 3.43. The molecule has 90 valence electrons. The molecule has 1 aromatic carbocycles. The van der Waals surface area contributed by atoms with Crippen molar-refractivity contribution >= 4 is 33.4 Å². The number of anilines is 1. The number of hydrogen-bond acceptors (Lipinski definition) is 2. The van der Waals surface area contributed by atoms with Gasteiger partial charge in [-0.25, -0.2) is 0 Å². The van der Waals surface area contributed by atoms with E-state index in [1.165, 1.54) is 23.6 Å². The summed E-state index contributed by atoms with van der Waals surface area (Å²) in [4.78, 5) is 0. The Balaban J connectivity index is 2.12. The maximum absolute atomic E-state index is 3.47. The zero-order chi connectivity index (χ0) is 11.8. The standard InChI is InChI=1S/C13H20BrNS/c1-3-11(2)10-16-8-7-15-13-6-4-5-12(14)9-13/h4-6,9,11,15H,3,7-8,10H2,1-2H3. The minimum Gasteiger partial charge on any atom is -0.384 e. The number of halogens is 1. The second-order valence-corrected chi connectivity index (χ2v) is 6.09. The summed E-state index contributed by atoms with van der Waals surface area (Å²) in [5.41, 5.74) is 1.19. The van der Waals surface area contributed by atoms with Gasteiger partial charge in [0.15, 0.2) is 0 Å². The minimum absolute atomic E-state index is 0.843. The third kappa shape index (κ3) is 5.80. The summed E-state index contributed by atoms with van der Waals surface area (Å²) in [6.07, 6.45) is 1.28. The number of nitrogens with one attached hydrogen (secondary N) is 1. The van der Waals surface area contributed by atoms with Crippen molar-refractivity contribution < 1.29 is 0 Å². The van der Waals surface area contributed by atoms with Crippen LogP contribution in [0.2, 0.25) is 0 Å². The lowest BCUT2D eigenvalue weighted by Gasteiger charge is -2.09. The van der Waals surface area contributed by atoms with E-state index in [1.807, 2.05) is 17.8 Å². The lowest BCUT2D eigenvalue weighted by Crippen LogP contribution is -2.06. The van der Waals surface area contributed by atoms with E-state index in [-0.39, 0.29) is 0 Å². The monoisotopic (exact) mass is 301 g/mol. The van der Waals surface area contributed by atoms with Gasteiger partial charge in [-0.2, -0.15) is 11.8 Å². The molecule has 1 aromatic rings. The first kappa shape index (κ1) is 13.9. The lowest BCUT2D eigenvalue weighted by molar-refractivity contribution is 0.637. The Bertz CT molecular complexity index is 304. The van der Waals surface area contributed by atoms with Gasteiger partial charge in [0.2, 0.25) is 0 Å². The summed E-state index contributed by atoms with van der Waals surface area (Å²) in [5.74, 6) is 3.30. The van der Waals surface area contributed by atoms with Crippen molar-refractivity contribution in [3.63, 3.8) is 0 Å². The maximum atomic E-state index is 3.47. The van der Waals surface area contributed by atoms with E-state index in [4.69, 9.17) is 0 Å². The number of rotatable bonds is 7. The topological polar surface area (TPSA) is 12.0 Å². The highest BCUT2D eigenvalue weighted by atomic mass is 79.9. The van der Waals surface area contributed by atoms with Crippen molar-refractivity contribution in [3.8, 4) is 0 Å². The molecule has 0 aliphatic carbocycles. The molecule has 16 heavy (non-hydrogen) atoms. The van der Waals surface area contributed by atoms with Crippen LogP contribution in [-0.2, 0) is 0 Å². The van der Waals surface area contributed by atoms with Crippen LogP contribution in [0, 0.1) is 5.92 Å². The molecule has 0 aromatic heterocycles. The molecule has 1 nitrogen and oxygen atoms in total. The molecule has 1 unspecified atom stereocenters. The Kier molecular flexibility index (Phi) is 6.97. The first-order chi connectivity index (χ1) is 7.72. The molecule has 0 aliphatic rings. The van der Waals surface area contributed by atoms with Gasteiger partial charge in [-0.15, -0.1) is 0 Å². The van der Waals surface area contributed by atoms with E-state index in [1.54, 1.807) is 0 Å². The molecule has 1 N–H and O–H groups in total. The molecule has 0 saturated heterocycles. The molecule has 3 heteroatoms. The molecule has 0 aliphatic heterocycles. The van der Waals surface area contributed by atoms with E-state index in [0.717, 1.165) is 16.9 Å². The Morgan fingerprint density at radius 1 is 1.44 bits per heavy atom. The van der Waals surface area contributed by atoms with Crippen LogP contribution in [0.3, 0.4) is 0 Å². The van der Waals surface area contributed by atoms with Crippen LogP contribution >= 0.6 is 27.7 Å². The van der Waals surface area contributed by atoms with Crippen molar-refractivity contribution in [2.24, 2.45) is 5.92 Å². The first-order valence-electron chi connectivity index (χ1n) is 5.79. The van der Waals surface area contributed by atoms with Crippen LogP contribution < -0.4 is 5.32 Å². The number of benzene rings is 1. The van der Waals surface area contributed by atoms with Crippen molar-refractivity contribution in [3.05, 3.63) is 28.7 Å². The fraction of sp³-hybridized carbons (Fsp3) is 0.538. The van der Waals surface area contributed by atoms with Gasteiger partial charge in [-0.3, -0.25) is 0 Å². The Morgan fingerprint density at radius 3 is 2.94 bits per heavy atom. The molecule has 1 rings (SSSR count). The third-order valence-corrected chi connectivity index (χ3v) is 4.29. The second kappa shape index (κ2) is 8.02. The zero-order valence-corrected chi connectivity index (χ0v) is 12.4. The predicted octanol–water partition coefficient (Wildman–Crippen LogP) is 4.64. The van der Waals surface area contributed by atoms with Gasteiger partial charge < -0.3 is 5.32 Å². The van der Waals surface area contributed by atoms with Crippen LogP contribution in [-0.4, -0.2) is 18.1 Å². The zero-order valence-electron chi connectivity index (χ0n) is 10.0. The van der Waals surface area contributed by atoms with Crippen molar-refractivity contribution in [1.29, 1.82) is 0 Å². The highest BCUT2D eigenvalue weighted by molar-refractivity contribution is 9.10. The SMILES string of the molecule is CCC(C)CSCCNc1cccc(Br)c1. The first-order valence-corrected chi connectivity index (χ1v) is 7.74. The number of hydrogen-bond donors (Lipinski definition) is 1. The fourth-order valence-electron chi connectivity index (χ4n) is 1.27.